The van der Waals surface area contributed by atoms with E-state index in [1.807, 2.05) is 32.0 Å². The van der Waals surface area contributed by atoms with Gasteiger partial charge in [0, 0.05) is 17.1 Å². The third-order valence-electron chi connectivity index (χ3n) is 3.19. The Hall–Kier alpha value is -1.81. The van der Waals surface area contributed by atoms with Gasteiger partial charge in [-0.05, 0) is 43.5 Å². The van der Waals surface area contributed by atoms with Crippen molar-refractivity contribution in [2.45, 2.75) is 26.7 Å². The zero-order chi connectivity index (χ0) is 14.0. The van der Waals surface area contributed by atoms with Crippen LogP contribution in [0.15, 0.2) is 24.4 Å². The third kappa shape index (κ3) is 2.79. The average Bonchev–Trinajstić information content (AvgIpc) is 2.72. The topological polar surface area (TPSA) is 55.1 Å². The van der Waals surface area contributed by atoms with Crippen LogP contribution in [0.25, 0.3) is 5.69 Å². The first-order valence-corrected chi connectivity index (χ1v) is 6.39. The lowest BCUT2D eigenvalue weighted by Gasteiger charge is -2.09. The molecule has 0 unspecified atom stereocenters. The van der Waals surface area contributed by atoms with E-state index in [2.05, 4.69) is 5.10 Å². The minimum atomic E-state index is -0.800. The number of halogens is 1. The van der Waals surface area contributed by atoms with E-state index in [1.165, 1.54) is 0 Å². The van der Waals surface area contributed by atoms with E-state index in [1.54, 1.807) is 10.9 Å². The summed E-state index contributed by atoms with van der Waals surface area (Å²) in [6.45, 7) is 3.88. The second-order valence-electron chi connectivity index (χ2n) is 4.44. The Morgan fingerprint density at radius 3 is 2.84 bits per heavy atom. The van der Waals surface area contributed by atoms with Gasteiger partial charge < -0.3 is 5.11 Å². The Morgan fingerprint density at radius 2 is 2.16 bits per heavy atom. The molecule has 0 aliphatic carbocycles. The first-order chi connectivity index (χ1) is 9.00. The number of rotatable bonds is 4. The van der Waals surface area contributed by atoms with Gasteiger partial charge in [0.25, 0.3) is 0 Å². The minimum absolute atomic E-state index is 0.112. The fraction of sp³-hybridized carbons (Fsp3) is 0.286. The van der Waals surface area contributed by atoms with E-state index in [-0.39, 0.29) is 6.42 Å². The highest BCUT2D eigenvalue weighted by molar-refractivity contribution is 6.31. The molecule has 2 aromatic rings. The zero-order valence-electron chi connectivity index (χ0n) is 10.9. The largest absolute Gasteiger partial charge is 0.481 e. The van der Waals surface area contributed by atoms with Gasteiger partial charge in [-0.2, -0.15) is 5.10 Å². The molecule has 5 heteroatoms. The summed E-state index contributed by atoms with van der Waals surface area (Å²) >= 11 is 6.11. The van der Waals surface area contributed by atoms with Crippen LogP contribution in [-0.2, 0) is 11.2 Å². The van der Waals surface area contributed by atoms with Gasteiger partial charge in [-0.15, -0.1) is 0 Å². The molecule has 0 atom stereocenters. The molecule has 0 amide bonds. The number of carbonyl (C=O) groups is 1. The second-order valence-corrected chi connectivity index (χ2v) is 4.85. The summed E-state index contributed by atoms with van der Waals surface area (Å²) < 4.78 is 1.80. The van der Waals surface area contributed by atoms with Crippen molar-refractivity contribution in [1.82, 2.24) is 9.78 Å². The number of aliphatic carboxylic acids is 1. The van der Waals surface area contributed by atoms with Crippen molar-refractivity contribution in [2.75, 3.05) is 0 Å². The summed E-state index contributed by atoms with van der Waals surface area (Å²) in [5, 5.41) is 13.8. The predicted molar refractivity (Wildman–Crippen MR) is 74.0 cm³/mol. The van der Waals surface area contributed by atoms with Gasteiger partial charge >= 0.3 is 5.97 Å². The fourth-order valence-electron chi connectivity index (χ4n) is 2.00. The summed E-state index contributed by atoms with van der Waals surface area (Å²) in [6, 6.07) is 5.66. The van der Waals surface area contributed by atoms with E-state index < -0.39 is 5.97 Å². The Labute approximate surface area is 116 Å². The van der Waals surface area contributed by atoms with Crippen LogP contribution >= 0.6 is 11.6 Å². The molecule has 0 fully saturated rings. The highest BCUT2D eigenvalue weighted by atomic mass is 35.5. The van der Waals surface area contributed by atoms with E-state index in [4.69, 9.17) is 16.7 Å². The molecular weight excluding hydrogens is 264 g/mol. The maximum absolute atomic E-state index is 10.6. The van der Waals surface area contributed by atoms with Crippen LogP contribution in [0.4, 0.5) is 0 Å². The molecule has 100 valence electrons. The number of carboxylic acids is 1. The molecular formula is C14H15ClN2O2. The molecule has 2 rings (SSSR count). The van der Waals surface area contributed by atoms with Gasteiger partial charge in [-0.25, -0.2) is 4.68 Å². The van der Waals surface area contributed by atoms with Gasteiger partial charge in [-0.3, -0.25) is 4.79 Å². The molecule has 1 N–H and O–H groups in total. The SMILES string of the molecule is Cc1c(Cl)cccc1-n1ncc(CCC(=O)O)c1C. The highest BCUT2D eigenvalue weighted by Gasteiger charge is 2.12. The molecule has 0 aliphatic heterocycles. The average molecular weight is 279 g/mol. The number of aromatic nitrogens is 2. The molecule has 0 spiro atoms. The summed E-state index contributed by atoms with van der Waals surface area (Å²) in [6.07, 6.45) is 2.32. The number of carboxylic acid groups (broad SMARTS) is 1. The van der Waals surface area contributed by atoms with Crippen LogP contribution in [0.1, 0.15) is 23.2 Å². The Balaban J connectivity index is 2.36. The summed E-state index contributed by atoms with van der Waals surface area (Å²) in [5.74, 6) is -0.800. The first kappa shape index (κ1) is 13.6. The van der Waals surface area contributed by atoms with Gasteiger partial charge in [0.05, 0.1) is 11.9 Å². The normalized spacial score (nSPS) is 10.7. The first-order valence-electron chi connectivity index (χ1n) is 6.01. The lowest BCUT2D eigenvalue weighted by atomic mass is 10.1. The lowest BCUT2D eigenvalue weighted by Crippen LogP contribution is -2.03. The Kier molecular flexibility index (Phi) is 3.90. The number of hydrogen-bond acceptors (Lipinski definition) is 2. The van der Waals surface area contributed by atoms with Crippen molar-refractivity contribution in [3.63, 3.8) is 0 Å². The molecule has 0 aliphatic rings. The second kappa shape index (κ2) is 5.45. The molecule has 0 bridgehead atoms. The van der Waals surface area contributed by atoms with E-state index in [0.29, 0.717) is 11.4 Å². The van der Waals surface area contributed by atoms with E-state index in [9.17, 15) is 4.79 Å². The van der Waals surface area contributed by atoms with Crippen LogP contribution in [-0.4, -0.2) is 20.9 Å². The van der Waals surface area contributed by atoms with Gasteiger partial charge in [-0.1, -0.05) is 17.7 Å². The molecule has 0 radical (unpaired) electrons. The molecule has 1 aromatic heterocycles. The van der Waals surface area contributed by atoms with Gasteiger partial charge in [0.1, 0.15) is 0 Å². The Morgan fingerprint density at radius 1 is 1.42 bits per heavy atom. The van der Waals surface area contributed by atoms with Gasteiger partial charge in [0.2, 0.25) is 0 Å². The van der Waals surface area contributed by atoms with Crippen molar-refractivity contribution >= 4 is 17.6 Å². The third-order valence-corrected chi connectivity index (χ3v) is 3.60. The van der Waals surface area contributed by atoms with E-state index in [0.717, 1.165) is 22.5 Å². The molecule has 19 heavy (non-hydrogen) atoms. The molecule has 1 aromatic carbocycles. The fourth-order valence-corrected chi connectivity index (χ4v) is 2.17. The maximum Gasteiger partial charge on any atom is 0.303 e. The lowest BCUT2D eigenvalue weighted by molar-refractivity contribution is -0.136. The molecule has 0 saturated carbocycles. The zero-order valence-corrected chi connectivity index (χ0v) is 11.6. The van der Waals surface area contributed by atoms with Crippen LogP contribution < -0.4 is 0 Å². The van der Waals surface area contributed by atoms with Crippen molar-refractivity contribution < 1.29 is 9.90 Å². The highest BCUT2D eigenvalue weighted by Crippen LogP contribution is 2.24. The van der Waals surface area contributed by atoms with Gasteiger partial charge in [0.15, 0.2) is 0 Å². The van der Waals surface area contributed by atoms with Crippen molar-refractivity contribution in [3.05, 3.63) is 46.2 Å². The smallest absolute Gasteiger partial charge is 0.303 e. The minimum Gasteiger partial charge on any atom is -0.481 e. The molecule has 1 heterocycles. The van der Waals surface area contributed by atoms with E-state index >= 15 is 0 Å². The van der Waals surface area contributed by atoms with Crippen LogP contribution in [0.5, 0.6) is 0 Å². The molecule has 4 nitrogen and oxygen atoms in total. The summed E-state index contributed by atoms with van der Waals surface area (Å²) in [4.78, 5) is 10.6. The monoisotopic (exact) mass is 278 g/mol. The number of hydrogen-bond donors (Lipinski definition) is 1. The summed E-state index contributed by atoms with van der Waals surface area (Å²) in [5.41, 5.74) is 3.78. The standard InChI is InChI=1S/C14H15ClN2O2/c1-9-12(15)4-3-5-13(9)17-10(2)11(8-16-17)6-7-14(18)19/h3-5,8H,6-7H2,1-2H3,(H,18,19). The molecule has 0 saturated heterocycles. The maximum atomic E-state index is 10.6. The van der Waals surface area contributed by atoms with Crippen molar-refractivity contribution in [1.29, 1.82) is 0 Å². The van der Waals surface area contributed by atoms with Crippen LogP contribution in [0.3, 0.4) is 0 Å². The van der Waals surface area contributed by atoms with Crippen LogP contribution in [0.2, 0.25) is 5.02 Å². The Bertz CT molecular complexity index is 620. The van der Waals surface area contributed by atoms with Crippen molar-refractivity contribution in [2.24, 2.45) is 0 Å². The quantitative estimate of drug-likeness (QED) is 0.935. The number of benzene rings is 1. The predicted octanol–water partition coefficient (Wildman–Crippen LogP) is 3.16. The van der Waals surface area contributed by atoms with Crippen LogP contribution in [0, 0.1) is 13.8 Å². The summed E-state index contributed by atoms with van der Waals surface area (Å²) in [7, 11) is 0. The van der Waals surface area contributed by atoms with Crippen molar-refractivity contribution in [3.8, 4) is 5.69 Å². The number of aryl methyl sites for hydroxylation is 1. The number of nitrogens with zero attached hydrogens (tertiary/aromatic N) is 2.